The molecule has 1 aliphatic heterocycles. The Labute approximate surface area is 145 Å². The molecule has 1 heterocycles. The molecule has 4 aliphatic rings. The Morgan fingerprint density at radius 2 is 2.09 bits per heavy atom. The third-order valence-corrected chi connectivity index (χ3v) is 7.14. The van der Waals surface area contributed by atoms with E-state index in [2.05, 4.69) is 52.0 Å². The molecule has 23 heavy (non-hydrogen) atoms. The van der Waals surface area contributed by atoms with Gasteiger partial charge in [0.15, 0.2) is 0 Å². The first-order chi connectivity index (χ1) is 10.8. The minimum atomic E-state index is -0.290. The molecule has 0 N–H and O–H groups in total. The van der Waals surface area contributed by atoms with E-state index in [1.807, 2.05) is 0 Å². The lowest BCUT2D eigenvalue weighted by atomic mass is 9.43. The molecule has 5 atom stereocenters. The maximum atomic E-state index is 6.68. The molecule has 4 fully saturated rings. The summed E-state index contributed by atoms with van der Waals surface area (Å²) in [4.78, 5) is 0. The molecule has 2 bridgehead atoms. The Morgan fingerprint density at radius 1 is 1.30 bits per heavy atom. The smallest absolute Gasteiger partial charge is 0.404 e. The van der Waals surface area contributed by atoms with Crippen LogP contribution in [0.2, 0.25) is 0 Å². The van der Waals surface area contributed by atoms with Gasteiger partial charge in [-0.2, -0.15) is 0 Å². The van der Waals surface area contributed by atoms with Gasteiger partial charge in [-0.15, -0.1) is 11.6 Å². The van der Waals surface area contributed by atoms with E-state index >= 15 is 0 Å². The van der Waals surface area contributed by atoms with Gasteiger partial charge in [-0.05, 0) is 55.9 Å². The van der Waals surface area contributed by atoms with Crippen molar-refractivity contribution in [3.8, 4) is 0 Å². The highest BCUT2D eigenvalue weighted by Gasteiger charge is 2.68. The molecule has 1 aromatic carbocycles. The number of rotatable bonds is 3. The Bertz CT molecular complexity index is 619. The molecule has 1 saturated heterocycles. The average Bonchev–Trinajstić information content (AvgIpc) is 2.84. The minimum Gasteiger partial charge on any atom is -0.404 e. The lowest BCUT2D eigenvalue weighted by Gasteiger charge is -2.64. The summed E-state index contributed by atoms with van der Waals surface area (Å²) in [5.41, 5.74) is 2.73. The summed E-state index contributed by atoms with van der Waals surface area (Å²) in [6, 6.07) is 8.52. The third-order valence-electron chi connectivity index (χ3n) is 6.78. The minimum absolute atomic E-state index is 0.139. The van der Waals surface area contributed by atoms with Crippen LogP contribution in [-0.4, -0.2) is 24.1 Å². The molecular formula is C19H26BClO2. The van der Waals surface area contributed by atoms with E-state index in [-0.39, 0.29) is 24.1 Å². The first-order valence-corrected chi connectivity index (χ1v) is 9.27. The van der Waals surface area contributed by atoms with Gasteiger partial charge in [0.25, 0.3) is 0 Å². The Hall–Kier alpha value is -0.505. The summed E-state index contributed by atoms with van der Waals surface area (Å²) in [5.74, 6) is 1.37. The zero-order chi connectivity index (χ0) is 16.4. The number of halogens is 1. The quantitative estimate of drug-likeness (QED) is 0.603. The molecule has 0 aromatic heterocycles. The van der Waals surface area contributed by atoms with Gasteiger partial charge in [0, 0.05) is 0 Å². The Kier molecular flexibility index (Phi) is 3.65. The summed E-state index contributed by atoms with van der Waals surface area (Å²) in [6.07, 6.45) is 3.39. The summed E-state index contributed by atoms with van der Waals surface area (Å²) < 4.78 is 12.7. The van der Waals surface area contributed by atoms with Crippen molar-refractivity contribution < 1.29 is 9.31 Å². The fraction of sp³-hybridized carbons (Fsp3) is 0.684. The molecule has 3 aliphatic carbocycles. The highest BCUT2D eigenvalue weighted by molar-refractivity contribution is 6.60. The normalized spacial score (nSPS) is 38.8. The van der Waals surface area contributed by atoms with Crippen LogP contribution in [0.1, 0.15) is 44.7 Å². The van der Waals surface area contributed by atoms with Crippen LogP contribution in [0.3, 0.4) is 0 Å². The molecule has 5 rings (SSSR count). The summed E-state index contributed by atoms with van der Waals surface area (Å²) >= 11 is 6.68. The van der Waals surface area contributed by atoms with Crippen molar-refractivity contribution in [1.82, 2.24) is 0 Å². The average molecular weight is 333 g/mol. The first-order valence-electron chi connectivity index (χ1n) is 8.83. The van der Waals surface area contributed by atoms with E-state index in [1.54, 1.807) is 0 Å². The first kappa shape index (κ1) is 16.0. The van der Waals surface area contributed by atoms with Gasteiger partial charge in [-0.3, -0.25) is 0 Å². The van der Waals surface area contributed by atoms with Gasteiger partial charge < -0.3 is 9.31 Å². The van der Waals surface area contributed by atoms with Crippen LogP contribution in [0.4, 0.5) is 0 Å². The fourth-order valence-corrected chi connectivity index (χ4v) is 5.50. The lowest BCUT2D eigenvalue weighted by molar-refractivity contribution is -0.199. The van der Waals surface area contributed by atoms with Gasteiger partial charge in [-0.1, -0.05) is 43.7 Å². The number of hydrogen-bond donors (Lipinski definition) is 0. The topological polar surface area (TPSA) is 18.5 Å². The monoisotopic (exact) mass is 332 g/mol. The summed E-state index contributed by atoms with van der Waals surface area (Å²) in [7, 11) is -0.290. The molecule has 0 amide bonds. The van der Waals surface area contributed by atoms with E-state index in [1.165, 1.54) is 17.5 Å². The highest BCUT2D eigenvalue weighted by Crippen LogP contribution is 2.65. The highest BCUT2D eigenvalue weighted by atomic mass is 35.5. The second-order valence-electron chi connectivity index (χ2n) is 8.55. The van der Waals surface area contributed by atoms with E-state index < -0.39 is 0 Å². The van der Waals surface area contributed by atoms with Crippen LogP contribution < -0.4 is 0 Å². The summed E-state index contributed by atoms with van der Waals surface area (Å²) in [5, 5.41) is -0.139. The van der Waals surface area contributed by atoms with Gasteiger partial charge >= 0.3 is 7.12 Å². The van der Waals surface area contributed by atoms with Gasteiger partial charge in [-0.25, -0.2) is 0 Å². The van der Waals surface area contributed by atoms with Crippen molar-refractivity contribution in [2.75, 3.05) is 0 Å². The zero-order valence-corrected chi connectivity index (χ0v) is 15.3. The van der Waals surface area contributed by atoms with Crippen LogP contribution in [0.15, 0.2) is 24.3 Å². The van der Waals surface area contributed by atoms with Crippen molar-refractivity contribution in [3.05, 3.63) is 35.4 Å². The molecule has 0 spiro atoms. The second-order valence-corrected chi connectivity index (χ2v) is 9.11. The molecule has 0 radical (unpaired) electrons. The van der Waals surface area contributed by atoms with Crippen molar-refractivity contribution in [2.24, 2.45) is 17.3 Å². The number of aryl methyl sites for hydroxylation is 1. The zero-order valence-electron chi connectivity index (χ0n) is 14.5. The van der Waals surface area contributed by atoms with Crippen LogP contribution in [0, 0.1) is 24.2 Å². The number of alkyl halides is 1. The fourth-order valence-electron chi connectivity index (χ4n) is 5.21. The van der Waals surface area contributed by atoms with Crippen LogP contribution in [0.5, 0.6) is 0 Å². The van der Waals surface area contributed by atoms with Gasteiger partial charge in [0.1, 0.15) is 0 Å². The third kappa shape index (κ3) is 2.39. The van der Waals surface area contributed by atoms with E-state index in [9.17, 15) is 0 Å². The number of benzene rings is 1. The van der Waals surface area contributed by atoms with Crippen molar-refractivity contribution >= 4 is 18.7 Å². The van der Waals surface area contributed by atoms with Crippen LogP contribution >= 0.6 is 11.6 Å². The maximum absolute atomic E-state index is 6.68. The molecule has 4 heteroatoms. The Morgan fingerprint density at radius 3 is 2.78 bits per heavy atom. The van der Waals surface area contributed by atoms with Crippen molar-refractivity contribution in [3.63, 3.8) is 0 Å². The lowest BCUT2D eigenvalue weighted by Crippen LogP contribution is -2.65. The van der Waals surface area contributed by atoms with E-state index in [4.69, 9.17) is 20.9 Å². The molecule has 2 nitrogen and oxygen atoms in total. The molecule has 3 unspecified atom stereocenters. The van der Waals surface area contributed by atoms with Gasteiger partial charge in [0.05, 0.1) is 17.0 Å². The number of hydrogen-bond acceptors (Lipinski definition) is 2. The molecule has 124 valence electrons. The van der Waals surface area contributed by atoms with Crippen molar-refractivity contribution in [2.45, 2.75) is 63.9 Å². The van der Waals surface area contributed by atoms with Crippen LogP contribution in [-0.2, 0) is 15.7 Å². The summed E-state index contributed by atoms with van der Waals surface area (Å²) in [6.45, 7) is 9.12. The van der Waals surface area contributed by atoms with Crippen LogP contribution in [0.25, 0.3) is 0 Å². The molecular weight excluding hydrogens is 306 g/mol. The predicted octanol–water partition coefficient (Wildman–Crippen LogP) is 4.41. The maximum Gasteiger partial charge on any atom is 0.477 e. The Balaban J connectivity index is 1.48. The predicted molar refractivity (Wildman–Crippen MR) is 94.6 cm³/mol. The van der Waals surface area contributed by atoms with Crippen molar-refractivity contribution in [1.29, 1.82) is 0 Å². The van der Waals surface area contributed by atoms with Gasteiger partial charge in [0.2, 0.25) is 0 Å². The largest absolute Gasteiger partial charge is 0.477 e. The van der Waals surface area contributed by atoms with E-state index in [0.29, 0.717) is 11.3 Å². The molecule has 3 saturated carbocycles. The standard InChI is InChI=1S/C19H26BClO2/c1-12-6-5-7-13(8-12)9-17(21)20-22-16-11-14-10-15(18(14,2)3)19(16,4)23-20/h5-8,14-17H,9-11H2,1-4H3/t14?,15?,16?,17-,19+/m1/s1. The second kappa shape index (κ2) is 5.24. The van der Waals surface area contributed by atoms with E-state index in [0.717, 1.165) is 18.8 Å². The molecule has 1 aromatic rings. The SMILES string of the molecule is Cc1cccc(C[C@@H](Cl)B2OC3CC4CC(C4(C)C)[C@]3(C)O2)c1.